The van der Waals surface area contributed by atoms with Crippen LogP contribution in [0.15, 0.2) is 48.5 Å². The van der Waals surface area contributed by atoms with Crippen LogP contribution in [0.25, 0.3) is 11.1 Å². The minimum Gasteiger partial charge on any atom is -0.480 e. The molecular weight excluding hydrogens is 436 g/mol. The van der Waals surface area contributed by atoms with E-state index in [1.54, 1.807) is 0 Å². The molecule has 3 atom stereocenters. The molecular formula is C26H28N2O6. The van der Waals surface area contributed by atoms with Crippen molar-refractivity contribution in [3.8, 4) is 11.1 Å². The fourth-order valence-electron chi connectivity index (χ4n) is 4.93. The lowest BCUT2D eigenvalue weighted by Gasteiger charge is -2.22. The Hall–Kier alpha value is -3.39. The summed E-state index contributed by atoms with van der Waals surface area (Å²) in [7, 11) is 0. The van der Waals surface area contributed by atoms with Crippen molar-refractivity contribution in [3.05, 3.63) is 59.7 Å². The van der Waals surface area contributed by atoms with Gasteiger partial charge in [-0.1, -0.05) is 61.4 Å². The van der Waals surface area contributed by atoms with E-state index in [0.29, 0.717) is 12.3 Å². The van der Waals surface area contributed by atoms with Gasteiger partial charge in [0.2, 0.25) is 5.91 Å². The van der Waals surface area contributed by atoms with Crippen LogP contribution in [0.1, 0.15) is 36.3 Å². The summed E-state index contributed by atoms with van der Waals surface area (Å²) in [5.74, 6) is -1.83. The van der Waals surface area contributed by atoms with Crippen LogP contribution in [0.4, 0.5) is 4.79 Å². The Bertz CT molecular complexity index is 1050. The lowest BCUT2D eigenvalue weighted by Crippen LogP contribution is -2.50. The highest BCUT2D eigenvalue weighted by Crippen LogP contribution is 2.44. The van der Waals surface area contributed by atoms with Gasteiger partial charge in [-0.05, 0) is 34.6 Å². The average molecular weight is 465 g/mol. The maximum atomic E-state index is 12.7. The number of amides is 2. The van der Waals surface area contributed by atoms with Crippen LogP contribution in [0, 0.1) is 11.8 Å². The minimum absolute atomic E-state index is 0.0594. The highest BCUT2D eigenvalue weighted by atomic mass is 16.5. The summed E-state index contributed by atoms with van der Waals surface area (Å²) in [5, 5.41) is 14.8. The standard InChI is InChI=1S/C26H28N2O6/c29-24(27-22(25(30)31)11-15-9-10-15)21-12-33-14-23(21)28-26(32)34-13-20-18-7-3-1-5-16(18)17-6-2-4-8-19(17)20/h1-8,15,20-23H,9-14H2,(H,27,29)(H,28,32)(H,30,31)/t21?,22-,23?/m0/s1. The topological polar surface area (TPSA) is 114 Å². The van der Waals surface area contributed by atoms with Crippen molar-refractivity contribution in [3.63, 3.8) is 0 Å². The number of carbonyl (C=O) groups excluding carboxylic acids is 2. The number of carboxylic acid groups (broad SMARTS) is 1. The Morgan fingerprint density at radius 1 is 1.00 bits per heavy atom. The molecule has 2 unspecified atom stereocenters. The van der Waals surface area contributed by atoms with Crippen molar-refractivity contribution in [2.45, 2.75) is 37.3 Å². The number of nitrogens with one attached hydrogen (secondary N) is 2. The third-order valence-corrected chi connectivity index (χ3v) is 6.94. The number of hydrogen-bond donors (Lipinski definition) is 3. The van der Waals surface area contributed by atoms with Gasteiger partial charge in [-0.25, -0.2) is 9.59 Å². The van der Waals surface area contributed by atoms with Crippen LogP contribution >= 0.6 is 0 Å². The third-order valence-electron chi connectivity index (χ3n) is 6.94. The van der Waals surface area contributed by atoms with Gasteiger partial charge >= 0.3 is 12.1 Å². The normalized spacial score (nSPS) is 21.9. The quantitative estimate of drug-likeness (QED) is 0.554. The number of carbonyl (C=O) groups is 3. The summed E-state index contributed by atoms with van der Waals surface area (Å²) in [5.41, 5.74) is 4.53. The van der Waals surface area contributed by atoms with Crippen LogP contribution in [0.3, 0.4) is 0 Å². The predicted molar refractivity (Wildman–Crippen MR) is 123 cm³/mol. The molecule has 2 aliphatic carbocycles. The van der Waals surface area contributed by atoms with Gasteiger partial charge in [0.05, 0.1) is 25.2 Å². The highest BCUT2D eigenvalue weighted by Gasteiger charge is 2.38. The van der Waals surface area contributed by atoms with Crippen LogP contribution < -0.4 is 10.6 Å². The molecule has 2 aromatic rings. The first-order chi connectivity index (χ1) is 16.5. The summed E-state index contributed by atoms with van der Waals surface area (Å²) >= 11 is 0. The third kappa shape index (κ3) is 4.63. The molecule has 34 heavy (non-hydrogen) atoms. The summed E-state index contributed by atoms with van der Waals surface area (Å²) in [6.07, 6.45) is 1.80. The lowest BCUT2D eigenvalue weighted by atomic mass is 9.98. The first-order valence-corrected chi connectivity index (χ1v) is 11.7. The van der Waals surface area contributed by atoms with Crippen molar-refractivity contribution >= 4 is 18.0 Å². The zero-order chi connectivity index (χ0) is 23.7. The van der Waals surface area contributed by atoms with Gasteiger partial charge < -0.3 is 25.2 Å². The number of alkyl carbamates (subject to hydrolysis) is 1. The Morgan fingerprint density at radius 2 is 1.65 bits per heavy atom. The van der Waals surface area contributed by atoms with Crippen molar-refractivity contribution in [1.29, 1.82) is 0 Å². The van der Waals surface area contributed by atoms with E-state index in [4.69, 9.17) is 9.47 Å². The maximum absolute atomic E-state index is 12.7. The van der Waals surface area contributed by atoms with Crippen molar-refractivity contribution in [1.82, 2.24) is 10.6 Å². The van der Waals surface area contributed by atoms with E-state index in [0.717, 1.165) is 35.1 Å². The molecule has 1 saturated heterocycles. The van der Waals surface area contributed by atoms with Gasteiger partial charge in [0, 0.05) is 5.92 Å². The van der Waals surface area contributed by atoms with Crippen LogP contribution in [-0.4, -0.2) is 55.0 Å². The SMILES string of the molecule is O=C(NC1COCC1C(=O)N[C@@H](CC1CC1)C(=O)O)OCC1c2ccccc2-c2ccccc21. The molecule has 3 N–H and O–H groups in total. The first-order valence-electron chi connectivity index (χ1n) is 11.7. The van der Waals surface area contributed by atoms with E-state index >= 15 is 0 Å². The molecule has 1 aliphatic heterocycles. The summed E-state index contributed by atoms with van der Waals surface area (Å²) in [6, 6.07) is 14.7. The number of carboxylic acids is 1. The maximum Gasteiger partial charge on any atom is 0.407 e. The monoisotopic (exact) mass is 464 g/mol. The Morgan fingerprint density at radius 3 is 2.26 bits per heavy atom. The molecule has 8 nitrogen and oxygen atoms in total. The van der Waals surface area contributed by atoms with E-state index in [-0.39, 0.29) is 25.7 Å². The smallest absolute Gasteiger partial charge is 0.407 e. The van der Waals surface area contributed by atoms with E-state index in [2.05, 4.69) is 22.8 Å². The van der Waals surface area contributed by atoms with E-state index in [1.807, 2.05) is 36.4 Å². The van der Waals surface area contributed by atoms with Crippen LogP contribution in [-0.2, 0) is 19.1 Å². The summed E-state index contributed by atoms with van der Waals surface area (Å²) in [6.45, 7) is 0.464. The number of hydrogen-bond acceptors (Lipinski definition) is 5. The van der Waals surface area contributed by atoms with Crippen molar-refractivity contribution in [2.75, 3.05) is 19.8 Å². The van der Waals surface area contributed by atoms with E-state index in [9.17, 15) is 19.5 Å². The Labute approximate surface area is 197 Å². The molecule has 178 valence electrons. The van der Waals surface area contributed by atoms with Gasteiger partial charge in [-0.15, -0.1) is 0 Å². The van der Waals surface area contributed by atoms with Crippen LogP contribution in [0.5, 0.6) is 0 Å². The largest absolute Gasteiger partial charge is 0.480 e. The fraction of sp³-hybridized carbons (Fsp3) is 0.423. The molecule has 2 aromatic carbocycles. The van der Waals surface area contributed by atoms with Gasteiger partial charge in [-0.3, -0.25) is 4.79 Å². The second kappa shape index (κ2) is 9.46. The molecule has 0 aromatic heterocycles. The minimum atomic E-state index is -1.04. The molecule has 3 aliphatic rings. The second-order valence-electron chi connectivity index (χ2n) is 9.30. The van der Waals surface area contributed by atoms with E-state index in [1.165, 1.54) is 0 Å². The van der Waals surface area contributed by atoms with Crippen molar-refractivity contribution < 1.29 is 29.0 Å². The Kier molecular flexibility index (Phi) is 6.24. The number of fused-ring (bicyclic) bond motifs is 3. The zero-order valence-electron chi connectivity index (χ0n) is 18.7. The number of ether oxygens (including phenoxy) is 2. The van der Waals surface area contributed by atoms with Crippen LogP contribution in [0.2, 0.25) is 0 Å². The first kappa shape index (κ1) is 22.4. The Balaban J connectivity index is 1.18. The zero-order valence-corrected chi connectivity index (χ0v) is 18.7. The molecule has 0 radical (unpaired) electrons. The molecule has 0 spiro atoms. The lowest BCUT2D eigenvalue weighted by molar-refractivity contribution is -0.142. The van der Waals surface area contributed by atoms with Gasteiger partial charge in [0.15, 0.2) is 0 Å². The summed E-state index contributed by atoms with van der Waals surface area (Å²) in [4.78, 5) is 36.9. The molecule has 5 rings (SSSR count). The van der Waals surface area contributed by atoms with Gasteiger partial charge in [0.1, 0.15) is 12.6 Å². The molecule has 1 heterocycles. The number of aliphatic carboxylic acids is 1. The fourth-order valence-corrected chi connectivity index (χ4v) is 4.93. The highest BCUT2D eigenvalue weighted by molar-refractivity contribution is 5.86. The average Bonchev–Trinajstić information content (AvgIpc) is 3.43. The van der Waals surface area contributed by atoms with Crippen molar-refractivity contribution in [2.24, 2.45) is 11.8 Å². The number of rotatable bonds is 8. The summed E-state index contributed by atoms with van der Waals surface area (Å²) < 4.78 is 11.0. The van der Waals surface area contributed by atoms with E-state index < -0.39 is 36.0 Å². The van der Waals surface area contributed by atoms with Gasteiger partial charge in [0.25, 0.3) is 0 Å². The molecule has 2 fully saturated rings. The molecule has 8 heteroatoms. The van der Waals surface area contributed by atoms with Gasteiger partial charge in [-0.2, -0.15) is 0 Å². The molecule has 2 amide bonds. The predicted octanol–water partition coefficient (Wildman–Crippen LogP) is 2.91. The number of benzene rings is 2. The second-order valence-corrected chi connectivity index (χ2v) is 9.30. The molecule has 1 saturated carbocycles. The molecule has 0 bridgehead atoms.